The smallest absolute Gasteiger partial charge is 0.229 e. The Morgan fingerprint density at radius 1 is 0.893 bits per heavy atom. The normalized spacial score (nSPS) is 11.2. The highest BCUT2D eigenvalue weighted by atomic mass is 16.1. The number of aromatic nitrogens is 2. The lowest BCUT2D eigenvalue weighted by atomic mass is 9.87. The van der Waals surface area contributed by atoms with Gasteiger partial charge in [-0.3, -0.25) is 4.79 Å². The lowest BCUT2D eigenvalue weighted by Gasteiger charge is -2.19. The number of nitrogens with zero attached hydrogens (tertiary/aromatic N) is 2. The third-order valence-corrected chi connectivity index (χ3v) is 4.40. The fourth-order valence-corrected chi connectivity index (χ4v) is 2.83. The van der Waals surface area contributed by atoms with Crippen molar-refractivity contribution in [1.29, 1.82) is 0 Å². The molecule has 0 unspecified atom stereocenters. The van der Waals surface area contributed by atoms with Crippen LogP contribution in [-0.4, -0.2) is 15.8 Å². The van der Waals surface area contributed by atoms with Gasteiger partial charge in [0.2, 0.25) is 5.95 Å². The molecule has 2 aromatic carbocycles. The van der Waals surface area contributed by atoms with Gasteiger partial charge in [0.1, 0.15) is 5.82 Å². The van der Waals surface area contributed by atoms with E-state index in [2.05, 4.69) is 53.5 Å². The highest BCUT2D eigenvalue weighted by Crippen LogP contribution is 2.25. The van der Waals surface area contributed by atoms with Gasteiger partial charge < -0.3 is 10.6 Å². The molecular weight excluding hydrogens is 348 g/mol. The molecule has 0 saturated carbocycles. The highest BCUT2D eigenvalue weighted by molar-refractivity contribution is 5.95. The molecule has 1 aromatic heterocycles. The summed E-state index contributed by atoms with van der Waals surface area (Å²) in [6.07, 6.45) is 0. The molecule has 28 heavy (non-hydrogen) atoms. The number of carbonyl (C=O) groups is 1. The number of anilines is 4. The summed E-state index contributed by atoms with van der Waals surface area (Å²) < 4.78 is 0. The van der Waals surface area contributed by atoms with E-state index in [0.29, 0.717) is 17.3 Å². The summed E-state index contributed by atoms with van der Waals surface area (Å²) in [7, 11) is 0. The summed E-state index contributed by atoms with van der Waals surface area (Å²) in [5.41, 5.74) is 4.64. The van der Waals surface area contributed by atoms with Gasteiger partial charge in [-0.05, 0) is 49.1 Å². The van der Waals surface area contributed by atoms with Gasteiger partial charge >= 0.3 is 0 Å². The number of nitrogens with one attached hydrogen (secondary N) is 2. The van der Waals surface area contributed by atoms with Crippen molar-refractivity contribution in [1.82, 2.24) is 9.97 Å². The zero-order chi connectivity index (χ0) is 20.3. The molecule has 0 amide bonds. The van der Waals surface area contributed by atoms with Crippen molar-refractivity contribution >= 4 is 28.9 Å². The number of rotatable bonds is 5. The molecule has 2 N–H and O–H groups in total. The van der Waals surface area contributed by atoms with Crippen LogP contribution in [-0.2, 0) is 5.41 Å². The van der Waals surface area contributed by atoms with Crippen LogP contribution in [0.2, 0.25) is 0 Å². The number of carbonyl (C=O) groups excluding carboxylic acids is 1. The van der Waals surface area contributed by atoms with E-state index in [0.717, 1.165) is 17.1 Å². The van der Waals surface area contributed by atoms with Gasteiger partial charge in [0.15, 0.2) is 5.78 Å². The molecule has 5 heteroatoms. The number of aryl methyl sites for hydroxylation is 1. The van der Waals surface area contributed by atoms with E-state index < -0.39 is 0 Å². The van der Waals surface area contributed by atoms with E-state index in [4.69, 9.17) is 0 Å². The maximum Gasteiger partial charge on any atom is 0.229 e. The van der Waals surface area contributed by atoms with Crippen molar-refractivity contribution in [2.45, 2.75) is 40.0 Å². The summed E-state index contributed by atoms with van der Waals surface area (Å²) >= 11 is 0. The summed E-state index contributed by atoms with van der Waals surface area (Å²) in [6.45, 7) is 10.1. The molecule has 3 rings (SSSR count). The van der Waals surface area contributed by atoms with Gasteiger partial charge in [-0.1, -0.05) is 45.0 Å². The molecule has 0 spiro atoms. The Kier molecular flexibility index (Phi) is 5.45. The van der Waals surface area contributed by atoms with Crippen LogP contribution < -0.4 is 10.6 Å². The second kappa shape index (κ2) is 7.80. The molecular formula is C23H26N4O. The van der Waals surface area contributed by atoms with E-state index in [9.17, 15) is 4.79 Å². The van der Waals surface area contributed by atoms with E-state index in [-0.39, 0.29) is 11.2 Å². The van der Waals surface area contributed by atoms with Crippen LogP contribution in [0.25, 0.3) is 0 Å². The van der Waals surface area contributed by atoms with Gasteiger partial charge in [0.25, 0.3) is 0 Å². The Labute approximate surface area is 166 Å². The topological polar surface area (TPSA) is 66.9 Å². The Balaban J connectivity index is 1.80. The van der Waals surface area contributed by atoms with Crippen molar-refractivity contribution in [3.63, 3.8) is 0 Å². The first-order valence-electron chi connectivity index (χ1n) is 9.32. The number of ketones is 1. The zero-order valence-electron chi connectivity index (χ0n) is 17.0. The molecule has 0 saturated heterocycles. The Hall–Kier alpha value is -3.21. The average molecular weight is 374 g/mol. The average Bonchev–Trinajstić information content (AvgIpc) is 2.61. The van der Waals surface area contributed by atoms with Gasteiger partial charge in [-0.25, -0.2) is 4.98 Å². The van der Waals surface area contributed by atoms with Crippen LogP contribution in [0.5, 0.6) is 0 Å². The third kappa shape index (κ3) is 4.94. The number of benzene rings is 2. The summed E-state index contributed by atoms with van der Waals surface area (Å²) in [5, 5.41) is 6.51. The standard InChI is InChI=1S/C23H26N4O/c1-15-13-21(25-20-8-6-7-17(14-20)16(2)28)27-22(24-15)26-19-11-9-18(10-12-19)23(3,4)5/h6-14H,1-5H3,(H2,24,25,26,27). The minimum atomic E-state index is 0.0311. The fraction of sp³-hybridized carbons (Fsp3) is 0.261. The Bertz CT molecular complexity index is 988. The van der Waals surface area contributed by atoms with Crippen LogP contribution in [0, 0.1) is 6.92 Å². The predicted molar refractivity (Wildman–Crippen MR) is 115 cm³/mol. The van der Waals surface area contributed by atoms with E-state index in [1.54, 1.807) is 13.0 Å². The highest BCUT2D eigenvalue weighted by Gasteiger charge is 2.13. The molecule has 1 heterocycles. The molecule has 0 aliphatic carbocycles. The molecule has 0 fully saturated rings. The van der Waals surface area contributed by atoms with Crippen molar-refractivity contribution in [2.75, 3.05) is 10.6 Å². The Morgan fingerprint density at radius 2 is 1.61 bits per heavy atom. The lowest BCUT2D eigenvalue weighted by molar-refractivity contribution is 0.101. The second-order valence-corrected chi connectivity index (χ2v) is 7.93. The minimum Gasteiger partial charge on any atom is -0.340 e. The number of Topliss-reactive ketones (excluding diaryl/α,β-unsaturated/α-hetero) is 1. The van der Waals surface area contributed by atoms with E-state index in [1.807, 2.05) is 43.3 Å². The van der Waals surface area contributed by atoms with Crippen LogP contribution in [0.3, 0.4) is 0 Å². The first-order chi connectivity index (χ1) is 13.2. The van der Waals surface area contributed by atoms with Crippen molar-refractivity contribution in [3.8, 4) is 0 Å². The SMILES string of the molecule is CC(=O)c1cccc(Nc2cc(C)nc(Nc3ccc(C(C)(C)C)cc3)n2)c1. The summed E-state index contributed by atoms with van der Waals surface area (Å²) in [4.78, 5) is 20.6. The fourth-order valence-electron chi connectivity index (χ4n) is 2.83. The maximum atomic E-state index is 11.6. The summed E-state index contributed by atoms with van der Waals surface area (Å²) in [5.74, 6) is 1.22. The third-order valence-electron chi connectivity index (χ3n) is 4.40. The van der Waals surface area contributed by atoms with Crippen molar-refractivity contribution < 1.29 is 4.79 Å². The van der Waals surface area contributed by atoms with E-state index >= 15 is 0 Å². The Morgan fingerprint density at radius 3 is 2.25 bits per heavy atom. The van der Waals surface area contributed by atoms with Crippen LogP contribution >= 0.6 is 0 Å². The molecule has 3 aromatic rings. The quantitative estimate of drug-likeness (QED) is 0.555. The number of hydrogen-bond acceptors (Lipinski definition) is 5. The molecule has 0 aliphatic heterocycles. The van der Waals surface area contributed by atoms with Crippen LogP contribution in [0.15, 0.2) is 54.6 Å². The van der Waals surface area contributed by atoms with Crippen LogP contribution in [0.4, 0.5) is 23.1 Å². The second-order valence-electron chi connectivity index (χ2n) is 7.93. The first-order valence-corrected chi connectivity index (χ1v) is 9.32. The zero-order valence-corrected chi connectivity index (χ0v) is 17.0. The van der Waals surface area contributed by atoms with E-state index in [1.165, 1.54) is 5.56 Å². The molecule has 0 aliphatic rings. The van der Waals surface area contributed by atoms with Crippen molar-refractivity contribution in [3.05, 3.63) is 71.4 Å². The van der Waals surface area contributed by atoms with Gasteiger partial charge in [0.05, 0.1) is 0 Å². The number of hydrogen-bond donors (Lipinski definition) is 2. The van der Waals surface area contributed by atoms with Gasteiger partial charge in [-0.2, -0.15) is 4.98 Å². The molecule has 0 radical (unpaired) electrons. The molecule has 0 bridgehead atoms. The van der Waals surface area contributed by atoms with Gasteiger partial charge in [0, 0.05) is 28.7 Å². The maximum absolute atomic E-state index is 11.6. The van der Waals surface area contributed by atoms with Crippen LogP contribution in [0.1, 0.15) is 49.3 Å². The van der Waals surface area contributed by atoms with Crippen molar-refractivity contribution in [2.24, 2.45) is 0 Å². The van der Waals surface area contributed by atoms with Gasteiger partial charge in [-0.15, -0.1) is 0 Å². The molecule has 0 atom stereocenters. The predicted octanol–water partition coefficient (Wildman–Crippen LogP) is 5.77. The minimum absolute atomic E-state index is 0.0311. The monoisotopic (exact) mass is 374 g/mol. The first kappa shape index (κ1) is 19.5. The molecule has 144 valence electrons. The summed E-state index contributed by atoms with van der Waals surface area (Å²) in [6, 6.07) is 17.5. The molecule has 5 nitrogen and oxygen atoms in total. The lowest BCUT2D eigenvalue weighted by Crippen LogP contribution is -2.10. The largest absolute Gasteiger partial charge is 0.340 e.